The fraction of sp³-hybridized carbons (Fsp3) is 0.0323. The molecule has 10 aromatic carbocycles. The van der Waals surface area contributed by atoms with Crippen molar-refractivity contribution in [2.24, 2.45) is 0 Å². The molecule has 302 valence electrons. The predicted octanol–water partition coefficient (Wildman–Crippen LogP) is 14.9. The Morgan fingerprint density at radius 2 is 0.891 bits per heavy atom. The second-order valence-corrected chi connectivity index (χ2v) is 16.8. The van der Waals surface area contributed by atoms with Gasteiger partial charge in [-0.1, -0.05) is 212 Å². The molecule has 2 unspecified atom stereocenters. The van der Waals surface area contributed by atoms with Crippen molar-refractivity contribution in [3.63, 3.8) is 0 Å². The van der Waals surface area contributed by atoms with Gasteiger partial charge in [-0.25, -0.2) is 0 Å². The van der Waals surface area contributed by atoms with Gasteiger partial charge in [-0.05, 0) is 103 Å². The van der Waals surface area contributed by atoms with Gasteiger partial charge in [0.15, 0.2) is 0 Å². The molecule has 0 radical (unpaired) electrons. The number of para-hydroxylation sites is 3. The summed E-state index contributed by atoms with van der Waals surface area (Å²) in [4.78, 5) is 5.01. The van der Waals surface area contributed by atoms with Crippen LogP contribution in [0.15, 0.2) is 243 Å². The number of fused-ring (bicyclic) bond motifs is 5. The second kappa shape index (κ2) is 15.9. The minimum Gasteiger partial charge on any atom is -0.333 e. The molecule has 0 amide bonds. The highest BCUT2D eigenvalue weighted by Gasteiger charge is 2.37. The molecule has 2 nitrogen and oxygen atoms in total. The van der Waals surface area contributed by atoms with Crippen LogP contribution in [0.4, 0.5) is 28.4 Å². The van der Waals surface area contributed by atoms with E-state index in [9.17, 15) is 0 Å². The average Bonchev–Trinajstić information content (AvgIpc) is 3.69. The van der Waals surface area contributed by atoms with E-state index in [0.29, 0.717) is 0 Å². The maximum absolute atomic E-state index is 2.55. The molecular weight excluding hydrogens is 773 g/mol. The zero-order chi connectivity index (χ0) is 42.4. The number of benzene rings is 10. The van der Waals surface area contributed by atoms with E-state index >= 15 is 0 Å². The molecule has 1 aliphatic carbocycles. The first-order valence-electron chi connectivity index (χ1n) is 22.2. The molecule has 0 saturated carbocycles. The molecule has 2 aliphatic rings. The first-order chi connectivity index (χ1) is 31.7. The maximum atomic E-state index is 2.55. The number of nitrogens with zero attached hydrogens (tertiary/aromatic N) is 2. The summed E-state index contributed by atoms with van der Waals surface area (Å²) in [5.41, 5.74) is 16.6. The zero-order valence-electron chi connectivity index (χ0n) is 35.3. The quantitative estimate of drug-likeness (QED) is 0.151. The van der Waals surface area contributed by atoms with Crippen molar-refractivity contribution in [2.45, 2.75) is 12.0 Å². The molecule has 0 spiro atoms. The Kier molecular flexibility index (Phi) is 9.34. The SMILES string of the molecule is C1=c2ccccc2=CC2C1c1ccccc1N2c1cccc(-c2ccccc2N(c2ccc(-c3cccc4ccccc34)cc2)c2ccccc2-c2ccc(-c3ccccc3)cc2)c1. The van der Waals surface area contributed by atoms with Crippen LogP contribution in [-0.4, -0.2) is 6.04 Å². The molecular formula is C62H44N2. The van der Waals surface area contributed by atoms with Crippen LogP contribution in [0.3, 0.4) is 0 Å². The van der Waals surface area contributed by atoms with Gasteiger partial charge in [-0.15, -0.1) is 0 Å². The standard InChI is InChI=1S/C62H44N2/c1-2-16-43(17-3-1)44-32-34-47(35-33-44)55-25-8-11-29-59(55)63(51-38-36-46(37-39-51)54-28-15-21-45-18-6-7-24-53(45)54)60-30-12-9-26-56(60)50-22-14-23-52(40-50)64-61-31-13-10-27-57(61)58-41-48-19-4-5-20-49(48)42-62(58)64/h1-42,58,62H. The summed E-state index contributed by atoms with van der Waals surface area (Å²) in [6.07, 6.45) is 4.93. The Morgan fingerprint density at radius 1 is 0.359 bits per heavy atom. The largest absolute Gasteiger partial charge is 0.333 e. The minimum atomic E-state index is 0.176. The van der Waals surface area contributed by atoms with Crippen molar-refractivity contribution in [3.05, 3.63) is 259 Å². The van der Waals surface area contributed by atoms with E-state index in [0.717, 1.165) is 39.3 Å². The Morgan fingerprint density at radius 3 is 1.69 bits per heavy atom. The highest BCUT2D eigenvalue weighted by molar-refractivity contribution is 5.98. The normalized spacial score (nSPS) is 14.8. The van der Waals surface area contributed by atoms with E-state index in [1.165, 1.54) is 60.4 Å². The van der Waals surface area contributed by atoms with Crippen molar-refractivity contribution in [1.82, 2.24) is 0 Å². The molecule has 0 bridgehead atoms. The van der Waals surface area contributed by atoms with Gasteiger partial charge < -0.3 is 9.80 Å². The Labute approximate surface area is 374 Å². The van der Waals surface area contributed by atoms with Crippen molar-refractivity contribution in [1.29, 1.82) is 0 Å². The molecule has 10 aromatic rings. The van der Waals surface area contributed by atoms with Crippen LogP contribution in [-0.2, 0) is 0 Å². The summed E-state index contributed by atoms with van der Waals surface area (Å²) in [6.45, 7) is 0. The van der Waals surface area contributed by atoms with Crippen LogP contribution in [0.2, 0.25) is 0 Å². The van der Waals surface area contributed by atoms with Gasteiger partial charge >= 0.3 is 0 Å². The molecule has 0 N–H and O–H groups in total. The summed E-state index contributed by atoms with van der Waals surface area (Å²) in [5, 5.41) is 5.09. The number of anilines is 5. The van der Waals surface area contributed by atoms with Crippen LogP contribution in [0.1, 0.15) is 11.5 Å². The molecule has 0 fully saturated rings. The zero-order valence-corrected chi connectivity index (χ0v) is 35.3. The molecule has 2 atom stereocenters. The maximum Gasteiger partial charge on any atom is 0.0635 e. The lowest BCUT2D eigenvalue weighted by Gasteiger charge is -2.31. The van der Waals surface area contributed by atoms with Gasteiger partial charge in [0, 0.05) is 34.1 Å². The van der Waals surface area contributed by atoms with Crippen molar-refractivity contribution >= 4 is 51.4 Å². The first-order valence-corrected chi connectivity index (χ1v) is 22.2. The molecule has 0 aromatic heterocycles. The first kappa shape index (κ1) is 37.6. The van der Waals surface area contributed by atoms with E-state index in [2.05, 4.69) is 265 Å². The van der Waals surface area contributed by atoms with E-state index < -0.39 is 0 Å². The molecule has 12 rings (SSSR count). The lowest BCUT2D eigenvalue weighted by atomic mass is 9.89. The van der Waals surface area contributed by atoms with Crippen molar-refractivity contribution in [2.75, 3.05) is 9.80 Å². The molecule has 1 heterocycles. The van der Waals surface area contributed by atoms with Crippen LogP contribution >= 0.6 is 0 Å². The van der Waals surface area contributed by atoms with Crippen LogP contribution in [0.5, 0.6) is 0 Å². The van der Waals surface area contributed by atoms with Gasteiger partial charge in [-0.3, -0.25) is 0 Å². The summed E-state index contributed by atoms with van der Waals surface area (Å²) < 4.78 is 0. The van der Waals surface area contributed by atoms with Crippen molar-refractivity contribution < 1.29 is 0 Å². The van der Waals surface area contributed by atoms with Crippen LogP contribution < -0.4 is 20.2 Å². The third kappa shape index (κ3) is 6.60. The van der Waals surface area contributed by atoms with E-state index in [1.807, 2.05) is 0 Å². The van der Waals surface area contributed by atoms with E-state index in [4.69, 9.17) is 0 Å². The molecule has 1 aliphatic heterocycles. The third-order valence-corrected chi connectivity index (χ3v) is 13.2. The monoisotopic (exact) mass is 816 g/mol. The van der Waals surface area contributed by atoms with E-state index in [1.54, 1.807) is 0 Å². The highest BCUT2D eigenvalue weighted by atomic mass is 15.2. The van der Waals surface area contributed by atoms with Gasteiger partial charge in [0.05, 0.1) is 17.4 Å². The number of hydrogen-bond donors (Lipinski definition) is 0. The smallest absolute Gasteiger partial charge is 0.0635 e. The average molecular weight is 817 g/mol. The fourth-order valence-corrected chi connectivity index (χ4v) is 10.2. The van der Waals surface area contributed by atoms with Crippen molar-refractivity contribution in [3.8, 4) is 44.5 Å². The molecule has 2 heteroatoms. The summed E-state index contributed by atoms with van der Waals surface area (Å²) in [5.74, 6) is 0.271. The Balaban J connectivity index is 1.00. The van der Waals surface area contributed by atoms with Crippen LogP contribution in [0.25, 0.3) is 67.4 Å². The predicted molar refractivity (Wildman–Crippen MR) is 270 cm³/mol. The summed E-state index contributed by atoms with van der Waals surface area (Å²) >= 11 is 0. The summed E-state index contributed by atoms with van der Waals surface area (Å²) in [6, 6.07) is 88.8. The molecule has 64 heavy (non-hydrogen) atoms. The highest BCUT2D eigenvalue weighted by Crippen LogP contribution is 2.49. The fourth-order valence-electron chi connectivity index (χ4n) is 10.2. The topological polar surface area (TPSA) is 6.48 Å². The Hall–Kier alpha value is -8.20. The summed E-state index contributed by atoms with van der Waals surface area (Å²) in [7, 11) is 0. The van der Waals surface area contributed by atoms with E-state index in [-0.39, 0.29) is 12.0 Å². The van der Waals surface area contributed by atoms with Gasteiger partial charge in [-0.2, -0.15) is 0 Å². The van der Waals surface area contributed by atoms with Gasteiger partial charge in [0.25, 0.3) is 0 Å². The lowest BCUT2D eigenvalue weighted by Crippen LogP contribution is -2.38. The third-order valence-electron chi connectivity index (χ3n) is 13.2. The lowest BCUT2D eigenvalue weighted by molar-refractivity contribution is 0.802. The minimum absolute atomic E-state index is 0.176. The number of hydrogen-bond acceptors (Lipinski definition) is 2. The number of rotatable bonds is 8. The van der Waals surface area contributed by atoms with Gasteiger partial charge in [0.2, 0.25) is 0 Å². The van der Waals surface area contributed by atoms with Crippen LogP contribution in [0, 0.1) is 0 Å². The van der Waals surface area contributed by atoms with Gasteiger partial charge in [0.1, 0.15) is 0 Å². The second-order valence-electron chi connectivity index (χ2n) is 16.8. The Bertz CT molecular complexity index is 3460. The molecule has 0 saturated heterocycles.